The number of rotatable bonds is 23. The van der Waals surface area contributed by atoms with Gasteiger partial charge in [0.2, 0.25) is 0 Å². The summed E-state index contributed by atoms with van der Waals surface area (Å²) in [6.45, 7) is 51.5. The van der Waals surface area contributed by atoms with E-state index in [9.17, 15) is 28.8 Å². The van der Waals surface area contributed by atoms with E-state index >= 15 is 0 Å². The SMILES string of the molecule is C=C(O)C([NH-])CC1CCN(C)CC1.C=C(O)C1CC(NC)C[N-]1.CC(=O)C1CN(C)CC[N-]1.CN1CCC([NH-])(C(=O)O)CC1.CN1CCC[N-]CC1.C[N-]C1CCN(CC(C)=O)CC1.C[N-]C1CNC(C(=O)O)C1.C[N-]CCN1CCN(CC(C)=O)CC1.C[N-]Cc1cn2ccccc2n1.C[N-]Cc1cnc(C)cn1.[CH2-]C(=N)N1CCCN(C)CC1.[CH2-]C(=O)C1CCCN1C1CCN(C)CC1.[W].[W].[W].[W].[W].[W].[W].[W].[W].[W].[W].[W]. The van der Waals surface area contributed by atoms with E-state index in [0.717, 1.165) is 238 Å². The molecule has 3 aromatic rings. The molecule has 14 rings (SSSR count). The number of piperazine rings is 2. The van der Waals surface area contributed by atoms with Crippen LogP contribution in [-0.4, -0.2) is 475 Å². The number of likely N-dealkylation sites (tertiary alicyclic amines) is 5. The Kier molecular flexibility index (Phi) is 114. The number of aryl methyl sites for hydroxylation is 1. The number of aliphatic hydroxyl groups is 2. The zero-order chi connectivity index (χ0) is 101. The molecule has 7 unspecified atom stereocenters. The first-order valence-electron chi connectivity index (χ1n) is 48.9. The van der Waals surface area contributed by atoms with E-state index in [2.05, 4.69) is 172 Å². The average Bonchev–Trinajstić information content (AvgIpc) is 1.72. The molecule has 50 heteroatoms. The van der Waals surface area contributed by atoms with Crippen LogP contribution in [0.3, 0.4) is 0 Å². The number of amidine groups is 1. The molecule has 14 heterocycles. The van der Waals surface area contributed by atoms with Gasteiger partial charge in [0.25, 0.3) is 5.97 Å². The maximum absolute atomic E-state index is 11.4. The number of hydrogen-bond acceptors (Lipinski definition) is 24. The van der Waals surface area contributed by atoms with Crippen molar-refractivity contribution in [2.24, 2.45) is 5.92 Å². The van der Waals surface area contributed by atoms with Crippen molar-refractivity contribution in [3.63, 3.8) is 0 Å². The molecule has 0 radical (unpaired) electrons. The van der Waals surface area contributed by atoms with Crippen LogP contribution in [0.2, 0.25) is 0 Å². The number of carbonyl (C=O) groups is 6. The molecule has 0 aromatic carbocycles. The molecule has 11 fully saturated rings. The van der Waals surface area contributed by atoms with Crippen LogP contribution in [0, 0.1) is 32.1 Å². The van der Waals surface area contributed by atoms with E-state index in [1.165, 1.54) is 38.9 Å². The van der Waals surface area contributed by atoms with Crippen molar-refractivity contribution in [1.82, 2.24) is 83.9 Å². The number of ketones is 4. The Morgan fingerprint density at radius 3 is 1.57 bits per heavy atom. The number of aliphatic carboxylic acids is 2. The maximum atomic E-state index is 11.4. The molecular weight excluding hydrogens is 3940 g/mol. The Morgan fingerprint density at radius 1 is 0.581 bits per heavy atom. The molecule has 0 spiro atoms. The van der Waals surface area contributed by atoms with Gasteiger partial charge in [-0.25, -0.2) is 4.98 Å². The number of piperidine rings is 4. The third kappa shape index (κ3) is 76.8. The van der Waals surface area contributed by atoms with E-state index in [-0.39, 0.29) is 318 Å². The van der Waals surface area contributed by atoms with Crippen LogP contribution in [0.4, 0.5) is 0 Å². The Morgan fingerprint density at radius 2 is 1.11 bits per heavy atom. The first-order valence-corrected chi connectivity index (χ1v) is 48.9. The fourth-order valence-corrected chi connectivity index (χ4v) is 16.7. The van der Waals surface area contributed by atoms with E-state index in [4.69, 9.17) is 37.3 Å². The normalized spacial score (nSPS) is 21.4. The van der Waals surface area contributed by atoms with Gasteiger partial charge in [0.05, 0.1) is 30.3 Å². The molecule has 11 saturated heterocycles. The molecule has 3 aromatic heterocycles. The third-order valence-electron chi connectivity index (χ3n) is 25.7. The smallest absolute Gasteiger partial charge is 0.320 e. The number of carboxylic acids is 2. The molecular formula is C98H176N28O10W12-12. The number of pyridine rings is 1. The van der Waals surface area contributed by atoms with E-state index < -0.39 is 23.5 Å². The predicted octanol–water partition coefficient (Wildman–Crippen LogP) is 10.1. The number of Topliss-reactive ketones (excluding diaryl/α,β-unsaturated/α-hetero) is 4. The van der Waals surface area contributed by atoms with Crippen molar-refractivity contribution in [1.29, 1.82) is 5.41 Å². The Labute approximate surface area is 1060 Å². The molecule has 0 bridgehead atoms. The topological polar surface area (TPSA) is 470 Å². The standard InChI is InChI=1S/C12H21N2O.C10H20N3O.C10H19N2O.C9H10N3.C9H17N2O.C8H16N3.C7H10N3.C7H13N2O2.2C7H13N2O.C6H11N2O2.C6H13N2.12W/c1-10(15)12-4-3-7-14(12)11-5-8-13(2)9-6-11;1-10(14)9-13-7-5-12(6-8-13)4-3-11-2;1-8(13)10(11)7-9-3-5-12(2)6-4-9;1-10-6-8-7-12-5-3-2-4-9(12)11-8;1-8(12)7-11-5-3-9(10-2)4-6-11;1-8(9)11-5-3-4-10(2)6-7-11;1-6-3-10-7(4-8-2)5-9-6;1-9-4-2-7(8,3-5-9)6(10)11;1-5(10)7-3-6(8-2)4-9-7;1-6(10)7-5-9(2)4-3-8-7;1-7-4-2-5(6(9)10)8-3-4;1-8-5-2-3-7-4-6-8;;;;;;;;;;;;/h11-12H,1,3-9H2,2H3;3-9H2,1-2H3;9-11,13H,1,3-7H2,2H3;2-5,7H,6H2,1H3;9H,3-7H2,1-2H3;9H,1,3-7H2,2H3;3,5H,4H2,1-2H3;8H,2-5H2,1H3,(H,10,11);6-8,10H,1,3-4H2,2H3;7H,3-5H2,1-2H3;4-5,8H,2-3H2,1H3,(H,9,10);2-6H2,1H3;;;;;;;;;;;;/q12*-1;;;;;;;;;;;;. The molecule has 38 nitrogen and oxygen atoms in total. The summed E-state index contributed by atoms with van der Waals surface area (Å²) in [6, 6.07) is 6.91. The minimum atomic E-state index is -1.22. The quantitative estimate of drug-likeness (QED) is 0.0201. The molecule has 9 N–H and O–H groups in total. The number of carbonyl (C=O) groups excluding carboxylic acids is 4. The molecule has 0 saturated carbocycles. The zero-order valence-corrected chi connectivity index (χ0v) is 126. The number of aliphatic hydroxyl groups excluding tert-OH is 2. The Balaban J connectivity index is -0.000000175. The predicted molar refractivity (Wildman–Crippen MR) is 552 cm³/mol. The van der Waals surface area contributed by atoms with Crippen LogP contribution in [0.1, 0.15) is 134 Å². The van der Waals surface area contributed by atoms with Crippen molar-refractivity contribution < 1.29 is 302 Å². The molecule has 852 valence electrons. The minimum Gasteiger partial charge on any atom is -0.668 e. The molecule has 11 aliphatic heterocycles. The second-order valence-corrected chi connectivity index (χ2v) is 37.5. The summed E-state index contributed by atoms with van der Waals surface area (Å²) >= 11 is 0. The van der Waals surface area contributed by atoms with Crippen molar-refractivity contribution in [3.8, 4) is 0 Å². The molecule has 7 atom stereocenters. The Bertz CT molecular complexity index is 3750. The van der Waals surface area contributed by atoms with Gasteiger partial charge in [0, 0.05) is 353 Å². The van der Waals surface area contributed by atoms with Crippen molar-refractivity contribution in [2.75, 3.05) is 281 Å². The van der Waals surface area contributed by atoms with Crippen LogP contribution >= 0.6 is 0 Å². The van der Waals surface area contributed by atoms with E-state index in [1.807, 2.05) is 82.1 Å². The van der Waals surface area contributed by atoms with Crippen LogP contribution in [0.25, 0.3) is 59.6 Å². The maximum Gasteiger partial charge on any atom is 0.320 e. The average molecular weight is 4110 g/mol. The van der Waals surface area contributed by atoms with Crippen molar-refractivity contribution in [3.05, 3.63) is 153 Å². The molecule has 148 heavy (non-hydrogen) atoms. The second-order valence-electron chi connectivity index (χ2n) is 37.5. The fraction of sp³-hybridized carbons (Fsp3) is 0.755. The largest absolute Gasteiger partial charge is 0.668 e. The van der Waals surface area contributed by atoms with Gasteiger partial charge in [0.1, 0.15) is 29.0 Å². The number of hydrogen-bond donors (Lipinski definition) is 7. The van der Waals surface area contributed by atoms with Gasteiger partial charge in [-0.15, -0.1) is 57.9 Å². The number of fused-ring (bicyclic) bond motifs is 1. The van der Waals surface area contributed by atoms with Crippen LogP contribution in [0.5, 0.6) is 0 Å². The first kappa shape index (κ1) is 169. The summed E-state index contributed by atoms with van der Waals surface area (Å²) in [4.78, 5) is 102. The van der Waals surface area contributed by atoms with Gasteiger partial charge in [-0.2, -0.15) is 35.2 Å². The van der Waals surface area contributed by atoms with Crippen LogP contribution in [0.15, 0.2) is 67.7 Å². The summed E-state index contributed by atoms with van der Waals surface area (Å²) in [6.07, 6.45) is 22.2. The van der Waals surface area contributed by atoms with Gasteiger partial charge in [-0.05, 0) is 288 Å². The monoisotopic (exact) mass is 4110 g/mol. The van der Waals surface area contributed by atoms with Crippen molar-refractivity contribution in [2.45, 2.75) is 197 Å². The number of nitrogens with one attached hydrogen (secondary N) is 5. The molecule has 0 amide bonds. The molecule has 11 aliphatic rings. The Hall–Kier alpha value is 1.06. The minimum absolute atomic E-state index is 0. The number of carboxylic acid groups (broad SMARTS) is 2. The van der Waals surface area contributed by atoms with Crippen LogP contribution in [-0.2, 0) is 295 Å². The fourth-order valence-electron chi connectivity index (χ4n) is 16.7. The zero-order valence-electron chi connectivity index (χ0n) is 90.8. The summed E-state index contributed by atoms with van der Waals surface area (Å²) in [5, 5.41) is 81.4. The van der Waals surface area contributed by atoms with Gasteiger partial charge in [-0.1, -0.05) is 63.0 Å². The second kappa shape index (κ2) is 99.9. The van der Waals surface area contributed by atoms with Crippen molar-refractivity contribution >= 4 is 46.6 Å². The first-order chi connectivity index (χ1) is 64.7. The number of aromatic nitrogens is 4. The number of likely N-dealkylation sites (N-methyl/N-ethyl adjacent to an activating group) is 6. The summed E-state index contributed by atoms with van der Waals surface area (Å²) < 4.78 is 2.00. The van der Waals surface area contributed by atoms with Gasteiger partial charge in [0.15, 0.2) is 0 Å². The van der Waals surface area contributed by atoms with Gasteiger partial charge in [-0.3, -0.25) is 43.8 Å². The summed E-state index contributed by atoms with van der Waals surface area (Å²) in [5.74, 6) is 0.346. The summed E-state index contributed by atoms with van der Waals surface area (Å²) in [7, 11) is 23.5. The van der Waals surface area contributed by atoms with E-state index in [0.29, 0.717) is 81.9 Å². The third-order valence-corrected chi connectivity index (χ3v) is 25.7. The molecule has 0 aliphatic carbocycles. The van der Waals surface area contributed by atoms with Gasteiger partial charge >= 0.3 is 5.97 Å². The number of imidazole rings is 1. The van der Waals surface area contributed by atoms with E-state index in [1.54, 1.807) is 54.3 Å². The number of nitrogens with zero attached hydrogens (tertiary/aromatic N) is 23. The van der Waals surface area contributed by atoms with Gasteiger partial charge < -0.3 is 158 Å². The van der Waals surface area contributed by atoms with Crippen LogP contribution < -0.4 is 10.6 Å². The summed E-state index contributed by atoms with van der Waals surface area (Å²) in [5.41, 5.74) is 17.7.